The SMILES string of the molecule is CC(C)(C)C1CCCCC1N1CCC(N)(C(=O)O)C1. The lowest BCUT2D eigenvalue weighted by Crippen LogP contribution is -2.53. The van der Waals surface area contributed by atoms with Crippen LogP contribution in [0.2, 0.25) is 0 Å². The van der Waals surface area contributed by atoms with Crippen LogP contribution in [0.1, 0.15) is 52.9 Å². The summed E-state index contributed by atoms with van der Waals surface area (Å²) in [6, 6.07) is 0.513. The Morgan fingerprint density at radius 2 is 1.95 bits per heavy atom. The minimum absolute atomic E-state index is 0.286. The number of nitrogens with zero attached hydrogens (tertiary/aromatic N) is 1. The van der Waals surface area contributed by atoms with Gasteiger partial charge in [0.1, 0.15) is 5.54 Å². The summed E-state index contributed by atoms with van der Waals surface area (Å²) in [5, 5.41) is 9.26. The van der Waals surface area contributed by atoms with Crippen LogP contribution in [0.3, 0.4) is 0 Å². The predicted molar refractivity (Wildman–Crippen MR) is 75.9 cm³/mol. The van der Waals surface area contributed by atoms with Gasteiger partial charge in [-0.05, 0) is 30.6 Å². The van der Waals surface area contributed by atoms with Crippen LogP contribution in [0.5, 0.6) is 0 Å². The minimum atomic E-state index is -1.03. The maximum Gasteiger partial charge on any atom is 0.325 e. The van der Waals surface area contributed by atoms with Crippen molar-refractivity contribution in [3.05, 3.63) is 0 Å². The summed E-state index contributed by atoms with van der Waals surface area (Å²) in [7, 11) is 0. The van der Waals surface area contributed by atoms with Crippen molar-refractivity contribution in [3.63, 3.8) is 0 Å². The van der Waals surface area contributed by atoms with Crippen LogP contribution in [0.15, 0.2) is 0 Å². The Kier molecular flexibility index (Phi) is 3.94. The van der Waals surface area contributed by atoms with Gasteiger partial charge in [-0.1, -0.05) is 33.6 Å². The predicted octanol–water partition coefficient (Wildman–Crippen LogP) is 2.08. The zero-order valence-corrected chi connectivity index (χ0v) is 12.5. The van der Waals surface area contributed by atoms with Crippen LogP contribution in [0, 0.1) is 11.3 Å². The van der Waals surface area contributed by atoms with Gasteiger partial charge in [0.15, 0.2) is 0 Å². The van der Waals surface area contributed by atoms with Crippen molar-refractivity contribution < 1.29 is 9.90 Å². The molecule has 1 aliphatic heterocycles. The van der Waals surface area contributed by atoms with E-state index in [-0.39, 0.29) is 5.41 Å². The molecule has 3 N–H and O–H groups in total. The maximum atomic E-state index is 11.3. The fraction of sp³-hybridized carbons (Fsp3) is 0.933. The largest absolute Gasteiger partial charge is 0.480 e. The molecule has 0 aromatic rings. The highest BCUT2D eigenvalue weighted by atomic mass is 16.4. The fourth-order valence-corrected chi connectivity index (χ4v) is 3.88. The number of hydrogen-bond acceptors (Lipinski definition) is 3. The van der Waals surface area contributed by atoms with Crippen LogP contribution in [0.4, 0.5) is 0 Å². The molecule has 0 bridgehead atoms. The summed E-state index contributed by atoms with van der Waals surface area (Å²) in [5.41, 5.74) is 5.27. The third-order valence-corrected chi connectivity index (χ3v) is 5.07. The smallest absolute Gasteiger partial charge is 0.325 e. The molecule has 1 aliphatic carbocycles. The second-order valence-corrected chi connectivity index (χ2v) is 7.51. The van der Waals surface area contributed by atoms with Gasteiger partial charge >= 0.3 is 5.97 Å². The average molecular weight is 268 g/mol. The summed E-state index contributed by atoms with van der Waals surface area (Å²) < 4.78 is 0. The van der Waals surface area contributed by atoms with Crippen molar-refractivity contribution in [3.8, 4) is 0 Å². The van der Waals surface area contributed by atoms with Gasteiger partial charge in [-0.2, -0.15) is 0 Å². The molecule has 4 heteroatoms. The molecule has 2 rings (SSSR count). The van der Waals surface area contributed by atoms with E-state index in [1.165, 1.54) is 25.7 Å². The Morgan fingerprint density at radius 1 is 1.32 bits per heavy atom. The third-order valence-electron chi connectivity index (χ3n) is 5.07. The molecule has 1 saturated carbocycles. The number of hydrogen-bond donors (Lipinski definition) is 2. The maximum absolute atomic E-state index is 11.3. The summed E-state index contributed by atoms with van der Waals surface area (Å²) in [6.45, 7) is 8.26. The monoisotopic (exact) mass is 268 g/mol. The van der Waals surface area contributed by atoms with Gasteiger partial charge in [0, 0.05) is 19.1 Å². The number of carboxylic acids is 1. The lowest BCUT2D eigenvalue weighted by Gasteiger charge is -2.45. The van der Waals surface area contributed by atoms with Gasteiger partial charge in [0.2, 0.25) is 0 Å². The van der Waals surface area contributed by atoms with Gasteiger partial charge in [-0.15, -0.1) is 0 Å². The summed E-state index contributed by atoms with van der Waals surface area (Å²) in [5.74, 6) is -0.199. The highest BCUT2D eigenvalue weighted by molar-refractivity contribution is 5.79. The molecular weight excluding hydrogens is 240 g/mol. The van der Waals surface area contributed by atoms with Gasteiger partial charge in [0.05, 0.1) is 0 Å². The van der Waals surface area contributed by atoms with Crippen LogP contribution >= 0.6 is 0 Å². The van der Waals surface area contributed by atoms with Crippen molar-refractivity contribution in [2.75, 3.05) is 13.1 Å². The molecule has 19 heavy (non-hydrogen) atoms. The van der Waals surface area contributed by atoms with Crippen molar-refractivity contribution in [2.24, 2.45) is 17.1 Å². The second kappa shape index (κ2) is 5.06. The Bertz CT molecular complexity index is 351. The number of likely N-dealkylation sites (tertiary alicyclic amines) is 1. The van der Waals surface area contributed by atoms with Crippen molar-refractivity contribution in [1.82, 2.24) is 4.90 Å². The Morgan fingerprint density at radius 3 is 2.47 bits per heavy atom. The first-order valence-electron chi connectivity index (χ1n) is 7.50. The molecule has 1 saturated heterocycles. The molecule has 0 aromatic heterocycles. The van der Waals surface area contributed by atoms with Gasteiger partial charge in [-0.3, -0.25) is 9.69 Å². The number of carbonyl (C=O) groups is 1. The van der Waals surface area contributed by atoms with E-state index in [1.807, 2.05) is 0 Å². The lowest BCUT2D eigenvalue weighted by molar-refractivity contribution is -0.143. The van der Waals surface area contributed by atoms with E-state index in [9.17, 15) is 9.90 Å². The van der Waals surface area contributed by atoms with Crippen molar-refractivity contribution >= 4 is 5.97 Å². The van der Waals surface area contributed by atoms with E-state index < -0.39 is 11.5 Å². The molecule has 4 nitrogen and oxygen atoms in total. The molecule has 3 atom stereocenters. The number of rotatable bonds is 2. The molecule has 3 unspecified atom stereocenters. The number of carboxylic acid groups (broad SMARTS) is 1. The Balaban J connectivity index is 2.10. The lowest BCUT2D eigenvalue weighted by atomic mass is 9.69. The Labute approximate surface area is 116 Å². The van der Waals surface area contributed by atoms with E-state index in [0.29, 0.717) is 24.9 Å². The second-order valence-electron chi connectivity index (χ2n) is 7.51. The van der Waals surface area contributed by atoms with E-state index in [1.54, 1.807) is 0 Å². The van der Waals surface area contributed by atoms with Crippen molar-refractivity contribution in [2.45, 2.75) is 64.5 Å². The van der Waals surface area contributed by atoms with Gasteiger partial charge in [0.25, 0.3) is 0 Å². The molecule has 0 radical (unpaired) electrons. The van der Waals surface area contributed by atoms with Gasteiger partial charge in [-0.25, -0.2) is 0 Å². The van der Waals surface area contributed by atoms with E-state index in [2.05, 4.69) is 25.7 Å². The molecular formula is C15H28N2O2. The Hall–Kier alpha value is -0.610. The first-order valence-corrected chi connectivity index (χ1v) is 7.50. The molecule has 110 valence electrons. The standard InChI is InChI=1S/C15H28N2O2/c1-14(2,3)11-6-4-5-7-12(11)17-9-8-15(16,10-17)13(18)19/h11-12H,4-10,16H2,1-3H3,(H,18,19). The third kappa shape index (κ3) is 2.95. The molecule has 2 aliphatic rings. The molecule has 0 amide bonds. The first kappa shape index (κ1) is 14.8. The van der Waals surface area contributed by atoms with E-state index >= 15 is 0 Å². The quantitative estimate of drug-likeness (QED) is 0.804. The zero-order chi connectivity index (χ0) is 14.3. The fourth-order valence-electron chi connectivity index (χ4n) is 3.88. The molecule has 2 fully saturated rings. The van der Waals surface area contributed by atoms with Crippen LogP contribution in [-0.4, -0.2) is 40.6 Å². The van der Waals surface area contributed by atoms with E-state index in [4.69, 9.17) is 5.73 Å². The highest BCUT2D eigenvalue weighted by Crippen LogP contribution is 2.41. The van der Waals surface area contributed by atoms with Crippen LogP contribution in [0.25, 0.3) is 0 Å². The summed E-state index contributed by atoms with van der Waals surface area (Å²) in [4.78, 5) is 13.6. The molecule has 0 aromatic carbocycles. The topological polar surface area (TPSA) is 66.6 Å². The average Bonchev–Trinajstić information content (AvgIpc) is 2.72. The highest BCUT2D eigenvalue weighted by Gasteiger charge is 2.46. The zero-order valence-electron chi connectivity index (χ0n) is 12.5. The number of nitrogens with two attached hydrogens (primary N) is 1. The van der Waals surface area contributed by atoms with Crippen LogP contribution < -0.4 is 5.73 Å². The molecule has 0 spiro atoms. The normalized spacial score (nSPS) is 37.5. The van der Waals surface area contributed by atoms with Crippen molar-refractivity contribution in [1.29, 1.82) is 0 Å². The van der Waals surface area contributed by atoms with Crippen LogP contribution in [-0.2, 0) is 4.79 Å². The van der Waals surface area contributed by atoms with Gasteiger partial charge < -0.3 is 10.8 Å². The molecule has 1 heterocycles. The first-order chi connectivity index (χ1) is 8.74. The van der Waals surface area contributed by atoms with E-state index in [0.717, 1.165) is 6.54 Å². The number of aliphatic carboxylic acids is 1. The minimum Gasteiger partial charge on any atom is -0.480 e. The summed E-state index contributed by atoms with van der Waals surface area (Å²) in [6.07, 6.45) is 5.60. The summed E-state index contributed by atoms with van der Waals surface area (Å²) >= 11 is 0.